The van der Waals surface area contributed by atoms with Gasteiger partial charge in [-0.1, -0.05) is 0 Å². The Kier molecular flexibility index (Phi) is 6.36. The van der Waals surface area contributed by atoms with Crippen molar-refractivity contribution in [2.24, 2.45) is 0 Å². The van der Waals surface area contributed by atoms with Crippen molar-refractivity contribution in [2.75, 3.05) is 38.3 Å². The Hall–Kier alpha value is -1.89. The molecule has 0 aromatic heterocycles. The van der Waals surface area contributed by atoms with Gasteiger partial charge >= 0.3 is 0 Å². The number of halogens is 1. The van der Waals surface area contributed by atoms with Crippen molar-refractivity contribution in [3.8, 4) is 5.75 Å². The number of non-ortho nitro benzene ring substituents is 1. The van der Waals surface area contributed by atoms with Crippen molar-refractivity contribution in [2.45, 2.75) is 38.8 Å². The van der Waals surface area contributed by atoms with Crippen LogP contribution in [0, 0.1) is 10.1 Å². The monoisotopic (exact) mass is 339 g/mol. The fraction of sp³-hybridized carbons (Fsp3) is 0.647. The van der Waals surface area contributed by atoms with Crippen molar-refractivity contribution >= 4 is 11.4 Å². The van der Waals surface area contributed by atoms with Crippen molar-refractivity contribution < 1.29 is 14.1 Å². The molecule has 7 heteroatoms. The van der Waals surface area contributed by atoms with E-state index in [4.69, 9.17) is 4.74 Å². The van der Waals surface area contributed by atoms with E-state index in [0.29, 0.717) is 18.3 Å². The normalized spacial score (nSPS) is 16.0. The van der Waals surface area contributed by atoms with Crippen LogP contribution in [0.5, 0.6) is 5.75 Å². The van der Waals surface area contributed by atoms with Crippen LogP contribution >= 0.6 is 0 Å². The number of anilines is 1. The second-order valence-corrected chi connectivity index (χ2v) is 6.46. The molecule has 1 aliphatic rings. The number of ether oxygens (including phenoxy) is 1. The Morgan fingerprint density at radius 1 is 1.42 bits per heavy atom. The molecule has 0 bridgehead atoms. The van der Waals surface area contributed by atoms with Gasteiger partial charge in [-0.2, -0.15) is 0 Å². The van der Waals surface area contributed by atoms with Crippen LogP contribution in [0.1, 0.15) is 26.7 Å². The van der Waals surface area contributed by atoms with E-state index in [0.717, 1.165) is 31.6 Å². The highest BCUT2D eigenvalue weighted by molar-refractivity contribution is 5.62. The van der Waals surface area contributed by atoms with Gasteiger partial charge < -0.3 is 14.5 Å². The zero-order chi connectivity index (χ0) is 17.7. The van der Waals surface area contributed by atoms with Crippen molar-refractivity contribution in [1.29, 1.82) is 0 Å². The molecule has 0 unspecified atom stereocenters. The van der Waals surface area contributed by atoms with Crippen LogP contribution in [0.3, 0.4) is 0 Å². The van der Waals surface area contributed by atoms with Gasteiger partial charge in [0.05, 0.1) is 22.8 Å². The van der Waals surface area contributed by atoms with E-state index in [1.165, 1.54) is 12.1 Å². The number of hydrogen-bond acceptors (Lipinski definition) is 5. The lowest BCUT2D eigenvalue weighted by molar-refractivity contribution is -0.384. The molecule has 0 amide bonds. The van der Waals surface area contributed by atoms with E-state index in [2.05, 4.69) is 9.80 Å². The van der Waals surface area contributed by atoms with Crippen LogP contribution < -0.4 is 9.64 Å². The van der Waals surface area contributed by atoms with Crippen LogP contribution in [0.25, 0.3) is 0 Å². The summed E-state index contributed by atoms with van der Waals surface area (Å²) in [6.07, 6.45) is 1.82. The van der Waals surface area contributed by atoms with Gasteiger partial charge in [-0.15, -0.1) is 0 Å². The summed E-state index contributed by atoms with van der Waals surface area (Å²) in [4.78, 5) is 14.9. The smallest absolute Gasteiger partial charge is 0.273 e. The highest BCUT2D eigenvalue weighted by Crippen LogP contribution is 2.35. The lowest BCUT2D eigenvalue weighted by atomic mass is 10.0. The van der Waals surface area contributed by atoms with Gasteiger partial charge in [0.15, 0.2) is 0 Å². The fourth-order valence-corrected chi connectivity index (χ4v) is 3.09. The van der Waals surface area contributed by atoms with Crippen LogP contribution in [-0.4, -0.2) is 55.3 Å². The molecule has 0 N–H and O–H groups in total. The topological polar surface area (TPSA) is 58.9 Å². The van der Waals surface area contributed by atoms with Crippen LogP contribution in [0.4, 0.5) is 15.8 Å². The molecule has 0 atom stereocenters. The van der Waals surface area contributed by atoms with E-state index in [-0.39, 0.29) is 18.5 Å². The fourth-order valence-electron chi connectivity index (χ4n) is 3.09. The summed E-state index contributed by atoms with van der Waals surface area (Å²) >= 11 is 0. The Labute approximate surface area is 142 Å². The number of benzene rings is 1. The van der Waals surface area contributed by atoms with Gasteiger partial charge in [-0.25, -0.2) is 4.39 Å². The van der Waals surface area contributed by atoms with Crippen LogP contribution in [0.15, 0.2) is 18.2 Å². The van der Waals surface area contributed by atoms with Gasteiger partial charge in [-0.3, -0.25) is 10.1 Å². The SMILES string of the molecule is CC(C)Oc1cc([N+](=O)[O-])ccc1N1CCC(N(C)CCF)CC1. The molecular formula is C17H26FN3O3. The molecule has 0 radical (unpaired) electrons. The third kappa shape index (κ3) is 4.56. The first-order valence-corrected chi connectivity index (χ1v) is 8.38. The number of alkyl halides is 1. The number of piperidine rings is 1. The third-order valence-corrected chi connectivity index (χ3v) is 4.38. The summed E-state index contributed by atoms with van der Waals surface area (Å²) in [7, 11) is 1.96. The molecule has 0 spiro atoms. The average Bonchev–Trinajstić information content (AvgIpc) is 2.54. The summed E-state index contributed by atoms with van der Waals surface area (Å²) in [5, 5.41) is 11.0. The van der Waals surface area contributed by atoms with E-state index in [1.54, 1.807) is 6.07 Å². The molecule has 1 saturated heterocycles. The molecule has 2 rings (SSSR count). The molecule has 1 heterocycles. The number of rotatable bonds is 7. The summed E-state index contributed by atoms with van der Waals surface area (Å²) in [6.45, 7) is 5.60. The maximum atomic E-state index is 12.5. The van der Waals surface area contributed by atoms with E-state index < -0.39 is 4.92 Å². The standard InChI is InChI=1S/C17H26FN3O3/c1-13(2)24-17-12-15(21(22)23)4-5-16(17)20-9-6-14(7-10-20)19(3)11-8-18/h4-5,12-14H,6-11H2,1-3H3. The Balaban J connectivity index is 2.12. The van der Waals surface area contributed by atoms with E-state index in [1.807, 2.05) is 20.9 Å². The van der Waals surface area contributed by atoms with Crippen LogP contribution in [0.2, 0.25) is 0 Å². The lowest BCUT2D eigenvalue weighted by Gasteiger charge is -2.38. The van der Waals surface area contributed by atoms with E-state index in [9.17, 15) is 14.5 Å². The van der Waals surface area contributed by atoms with Crippen molar-refractivity contribution in [1.82, 2.24) is 4.90 Å². The van der Waals surface area contributed by atoms with Gasteiger partial charge in [-0.05, 0) is 39.8 Å². The first-order valence-electron chi connectivity index (χ1n) is 8.38. The predicted octanol–water partition coefficient (Wildman–Crippen LogP) is 3.25. The highest BCUT2D eigenvalue weighted by Gasteiger charge is 2.25. The highest BCUT2D eigenvalue weighted by atomic mass is 19.1. The zero-order valence-electron chi connectivity index (χ0n) is 14.6. The van der Waals surface area contributed by atoms with Gasteiger partial charge in [0.25, 0.3) is 5.69 Å². The summed E-state index contributed by atoms with van der Waals surface area (Å²) in [5.41, 5.74) is 0.924. The average molecular weight is 339 g/mol. The van der Waals surface area contributed by atoms with Gasteiger partial charge in [0.1, 0.15) is 12.4 Å². The molecular weight excluding hydrogens is 313 g/mol. The Bertz CT molecular complexity index is 560. The minimum Gasteiger partial charge on any atom is -0.489 e. The van der Waals surface area contributed by atoms with Gasteiger partial charge in [0.2, 0.25) is 0 Å². The molecule has 0 aliphatic carbocycles. The minimum absolute atomic E-state index is 0.0342. The van der Waals surface area contributed by atoms with Crippen molar-refractivity contribution in [3.05, 3.63) is 28.3 Å². The lowest BCUT2D eigenvalue weighted by Crippen LogP contribution is -2.44. The van der Waals surface area contributed by atoms with Crippen LogP contribution in [-0.2, 0) is 0 Å². The molecule has 6 nitrogen and oxygen atoms in total. The number of hydrogen-bond donors (Lipinski definition) is 0. The Morgan fingerprint density at radius 2 is 2.08 bits per heavy atom. The number of nitrogens with zero attached hydrogens (tertiary/aromatic N) is 3. The second kappa shape index (κ2) is 8.28. The molecule has 1 aliphatic heterocycles. The predicted molar refractivity (Wildman–Crippen MR) is 92.7 cm³/mol. The zero-order valence-corrected chi connectivity index (χ0v) is 14.6. The quantitative estimate of drug-likeness (QED) is 0.564. The van der Waals surface area contributed by atoms with E-state index >= 15 is 0 Å². The maximum absolute atomic E-state index is 12.5. The first-order chi connectivity index (χ1) is 11.4. The second-order valence-electron chi connectivity index (χ2n) is 6.46. The summed E-state index contributed by atoms with van der Waals surface area (Å²) in [5.74, 6) is 0.551. The third-order valence-electron chi connectivity index (χ3n) is 4.38. The first kappa shape index (κ1) is 18.4. The number of nitro groups is 1. The summed E-state index contributed by atoms with van der Waals surface area (Å²) < 4.78 is 18.3. The molecule has 24 heavy (non-hydrogen) atoms. The maximum Gasteiger partial charge on any atom is 0.273 e. The number of nitro benzene ring substituents is 1. The molecule has 1 fully saturated rings. The minimum atomic E-state index is -0.408. The molecule has 0 saturated carbocycles. The Morgan fingerprint density at radius 3 is 2.62 bits per heavy atom. The van der Waals surface area contributed by atoms with Crippen molar-refractivity contribution in [3.63, 3.8) is 0 Å². The molecule has 1 aromatic carbocycles. The largest absolute Gasteiger partial charge is 0.489 e. The van der Waals surface area contributed by atoms with Gasteiger partial charge in [0, 0.05) is 31.7 Å². The molecule has 134 valence electrons. The molecule has 1 aromatic rings. The summed E-state index contributed by atoms with van der Waals surface area (Å²) in [6, 6.07) is 5.16.